The number of benzene rings is 2. The number of carbonyl (C=O) groups excluding carboxylic acids is 1. The van der Waals surface area contributed by atoms with Crippen LogP contribution in [0.4, 0.5) is 24.7 Å². The minimum absolute atomic E-state index is 0.232. The summed E-state index contributed by atoms with van der Waals surface area (Å²) in [5.74, 6) is 0.00433. The van der Waals surface area contributed by atoms with E-state index < -0.39 is 11.7 Å². The fourth-order valence-electron chi connectivity index (χ4n) is 2.96. The second-order valence-corrected chi connectivity index (χ2v) is 6.58. The molecule has 0 aliphatic carbocycles. The SMILES string of the molecule is CCOCCCNC(=O)c1cc(Nc2cccc(C(F)(F)F)c2)nc2ccccc12. The molecule has 0 saturated carbocycles. The molecule has 1 heterocycles. The van der Waals surface area contributed by atoms with Gasteiger partial charge in [0.05, 0.1) is 16.6 Å². The van der Waals surface area contributed by atoms with Crippen LogP contribution in [0.1, 0.15) is 29.3 Å². The number of carbonyl (C=O) groups is 1. The summed E-state index contributed by atoms with van der Waals surface area (Å²) in [5.41, 5.74) is 0.427. The lowest BCUT2D eigenvalue weighted by Gasteiger charge is -2.13. The Balaban J connectivity index is 1.85. The van der Waals surface area contributed by atoms with E-state index in [2.05, 4.69) is 15.6 Å². The van der Waals surface area contributed by atoms with Crippen LogP contribution in [0, 0.1) is 0 Å². The number of nitrogens with one attached hydrogen (secondary N) is 2. The van der Waals surface area contributed by atoms with Gasteiger partial charge in [0.15, 0.2) is 0 Å². The average Bonchev–Trinajstić information content (AvgIpc) is 2.72. The van der Waals surface area contributed by atoms with E-state index >= 15 is 0 Å². The molecule has 0 aliphatic rings. The predicted molar refractivity (Wildman–Crippen MR) is 110 cm³/mol. The standard InChI is InChI=1S/C22H22F3N3O2/c1-2-30-12-6-11-26-21(29)18-14-20(28-19-10-4-3-9-17(18)19)27-16-8-5-7-15(13-16)22(23,24)25/h3-5,7-10,13-14H,2,6,11-12H2,1H3,(H,26,29)(H,27,28). The van der Waals surface area contributed by atoms with E-state index in [1.165, 1.54) is 12.1 Å². The van der Waals surface area contributed by atoms with Gasteiger partial charge >= 0.3 is 6.18 Å². The molecule has 0 bridgehead atoms. The largest absolute Gasteiger partial charge is 0.416 e. The van der Waals surface area contributed by atoms with Crippen LogP contribution in [0.25, 0.3) is 10.9 Å². The minimum atomic E-state index is -4.44. The average molecular weight is 417 g/mol. The van der Waals surface area contributed by atoms with Crippen molar-refractivity contribution in [3.63, 3.8) is 0 Å². The summed E-state index contributed by atoms with van der Waals surface area (Å²) < 4.78 is 44.2. The van der Waals surface area contributed by atoms with Gasteiger partial charge in [-0.2, -0.15) is 13.2 Å². The van der Waals surface area contributed by atoms with Gasteiger partial charge in [0, 0.05) is 30.8 Å². The molecular weight excluding hydrogens is 395 g/mol. The van der Waals surface area contributed by atoms with E-state index in [-0.39, 0.29) is 17.4 Å². The first-order chi connectivity index (χ1) is 14.4. The molecule has 5 nitrogen and oxygen atoms in total. The second-order valence-electron chi connectivity index (χ2n) is 6.58. The van der Waals surface area contributed by atoms with Gasteiger partial charge < -0.3 is 15.4 Å². The van der Waals surface area contributed by atoms with E-state index in [9.17, 15) is 18.0 Å². The summed E-state index contributed by atoms with van der Waals surface area (Å²) in [5, 5.41) is 6.39. The highest BCUT2D eigenvalue weighted by atomic mass is 19.4. The van der Waals surface area contributed by atoms with Gasteiger partial charge in [0.25, 0.3) is 5.91 Å². The number of hydrogen-bond donors (Lipinski definition) is 2. The van der Waals surface area contributed by atoms with Crippen LogP contribution in [0.5, 0.6) is 0 Å². The topological polar surface area (TPSA) is 63.2 Å². The van der Waals surface area contributed by atoms with Gasteiger partial charge in [0.2, 0.25) is 0 Å². The molecule has 2 N–H and O–H groups in total. The van der Waals surface area contributed by atoms with Crippen LogP contribution < -0.4 is 10.6 Å². The van der Waals surface area contributed by atoms with Crippen LogP contribution in [-0.2, 0) is 10.9 Å². The van der Waals surface area contributed by atoms with Crippen molar-refractivity contribution in [2.75, 3.05) is 25.1 Å². The van der Waals surface area contributed by atoms with Crippen molar-refractivity contribution in [1.82, 2.24) is 10.3 Å². The van der Waals surface area contributed by atoms with E-state index in [1.54, 1.807) is 30.3 Å². The third kappa shape index (κ3) is 5.48. The quantitative estimate of drug-likeness (QED) is 0.498. The zero-order valence-electron chi connectivity index (χ0n) is 16.4. The highest BCUT2D eigenvalue weighted by molar-refractivity contribution is 6.07. The number of anilines is 2. The minimum Gasteiger partial charge on any atom is -0.382 e. The summed E-state index contributed by atoms with van der Waals surface area (Å²) in [6.45, 7) is 3.52. The van der Waals surface area contributed by atoms with Crippen molar-refractivity contribution in [3.05, 3.63) is 65.7 Å². The lowest BCUT2D eigenvalue weighted by atomic mass is 10.1. The molecule has 0 fully saturated rings. The summed E-state index contributed by atoms with van der Waals surface area (Å²) in [4.78, 5) is 17.2. The van der Waals surface area contributed by atoms with E-state index in [1.807, 2.05) is 6.92 Å². The normalized spacial score (nSPS) is 11.5. The van der Waals surface area contributed by atoms with Gasteiger partial charge in [-0.15, -0.1) is 0 Å². The Morgan fingerprint density at radius 3 is 2.67 bits per heavy atom. The number of fused-ring (bicyclic) bond motifs is 1. The van der Waals surface area contributed by atoms with Crippen LogP contribution >= 0.6 is 0 Å². The monoisotopic (exact) mass is 417 g/mol. The summed E-state index contributed by atoms with van der Waals surface area (Å²) in [6, 6.07) is 13.5. The molecule has 2 aromatic carbocycles. The zero-order valence-corrected chi connectivity index (χ0v) is 16.4. The van der Waals surface area contributed by atoms with Gasteiger partial charge in [-0.25, -0.2) is 4.98 Å². The van der Waals surface area contributed by atoms with Crippen LogP contribution in [0.2, 0.25) is 0 Å². The molecule has 1 aromatic heterocycles. The molecule has 30 heavy (non-hydrogen) atoms. The van der Waals surface area contributed by atoms with Crippen molar-refractivity contribution in [1.29, 1.82) is 0 Å². The number of rotatable bonds is 8. The predicted octanol–water partition coefficient (Wildman–Crippen LogP) is 5.15. The second kappa shape index (κ2) is 9.58. The van der Waals surface area contributed by atoms with Crippen LogP contribution in [-0.4, -0.2) is 30.6 Å². The van der Waals surface area contributed by atoms with Crippen LogP contribution in [0.15, 0.2) is 54.6 Å². The van der Waals surface area contributed by atoms with E-state index in [0.717, 1.165) is 12.1 Å². The van der Waals surface area contributed by atoms with Crippen molar-refractivity contribution in [2.24, 2.45) is 0 Å². The Labute approximate surface area is 172 Å². The lowest BCUT2D eigenvalue weighted by Crippen LogP contribution is -2.25. The first kappa shape index (κ1) is 21.6. The van der Waals surface area contributed by atoms with Crippen LogP contribution in [0.3, 0.4) is 0 Å². The number of para-hydroxylation sites is 1. The van der Waals surface area contributed by atoms with Gasteiger partial charge in [0.1, 0.15) is 5.82 Å². The zero-order chi connectivity index (χ0) is 21.6. The van der Waals surface area contributed by atoms with Crippen molar-refractivity contribution in [3.8, 4) is 0 Å². The van der Waals surface area contributed by atoms with Crippen molar-refractivity contribution < 1.29 is 22.7 Å². The molecule has 0 radical (unpaired) electrons. The van der Waals surface area contributed by atoms with Gasteiger partial charge in [-0.3, -0.25) is 4.79 Å². The molecule has 0 spiro atoms. The molecule has 3 rings (SSSR count). The molecular formula is C22H22F3N3O2. The third-order valence-corrected chi connectivity index (χ3v) is 4.38. The number of ether oxygens (including phenoxy) is 1. The highest BCUT2D eigenvalue weighted by Gasteiger charge is 2.30. The number of nitrogens with zero attached hydrogens (tertiary/aromatic N) is 1. The maximum absolute atomic E-state index is 13.0. The molecule has 1 amide bonds. The lowest BCUT2D eigenvalue weighted by molar-refractivity contribution is -0.137. The molecule has 8 heteroatoms. The van der Waals surface area contributed by atoms with Crippen molar-refractivity contribution >= 4 is 28.3 Å². The summed E-state index contributed by atoms with van der Waals surface area (Å²) in [6.07, 6.45) is -3.76. The van der Waals surface area contributed by atoms with Gasteiger partial charge in [-0.05, 0) is 43.7 Å². The maximum atomic E-state index is 13.0. The van der Waals surface area contributed by atoms with E-state index in [0.29, 0.717) is 42.6 Å². The molecule has 158 valence electrons. The smallest absolute Gasteiger partial charge is 0.382 e. The number of amides is 1. The van der Waals surface area contributed by atoms with E-state index in [4.69, 9.17) is 4.74 Å². The highest BCUT2D eigenvalue weighted by Crippen LogP contribution is 2.31. The Kier molecular flexibility index (Phi) is 6.89. The molecule has 3 aromatic rings. The molecule has 0 unspecified atom stereocenters. The molecule has 0 saturated heterocycles. The summed E-state index contributed by atoms with van der Waals surface area (Å²) >= 11 is 0. The number of hydrogen-bond acceptors (Lipinski definition) is 4. The first-order valence-corrected chi connectivity index (χ1v) is 9.58. The Morgan fingerprint density at radius 1 is 1.10 bits per heavy atom. The fourth-order valence-corrected chi connectivity index (χ4v) is 2.96. The summed E-state index contributed by atoms with van der Waals surface area (Å²) in [7, 11) is 0. The Hall–Kier alpha value is -3.13. The maximum Gasteiger partial charge on any atom is 0.416 e. The Bertz CT molecular complexity index is 1020. The first-order valence-electron chi connectivity index (χ1n) is 9.58. The van der Waals surface area contributed by atoms with Crippen molar-refractivity contribution in [2.45, 2.75) is 19.5 Å². The number of aromatic nitrogens is 1. The Morgan fingerprint density at radius 2 is 1.90 bits per heavy atom. The van der Waals surface area contributed by atoms with Gasteiger partial charge in [-0.1, -0.05) is 24.3 Å². The fraction of sp³-hybridized carbons (Fsp3) is 0.273. The number of halogens is 3. The molecule has 0 aliphatic heterocycles. The third-order valence-electron chi connectivity index (χ3n) is 4.38. The molecule has 0 atom stereocenters. The number of alkyl halides is 3. The number of pyridine rings is 1.